The van der Waals surface area contributed by atoms with Crippen molar-refractivity contribution >= 4 is 19.5 Å². The van der Waals surface area contributed by atoms with E-state index in [-0.39, 0.29) is 18.5 Å². The summed E-state index contributed by atoms with van der Waals surface area (Å²) in [5.41, 5.74) is 0.809. The molecule has 0 aromatic heterocycles. The van der Waals surface area contributed by atoms with Crippen LogP contribution in [0.3, 0.4) is 0 Å². The molecule has 0 aliphatic carbocycles. The number of carbonyl (C=O) groups excluding carboxylic acids is 2. The van der Waals surface area contributed by atoms with Gasteiger partial charge in [-0.3, -0.25) is 9.36 Å². The molecule has 25 heavy (non-hydrogen) atoms. The highest BCUT2D eigenvalue weighted by Gasteiger charge is 2.36. The molecule has 0 N–H and O–H groups in total. The van der Waals surface area contributed by atoms with Gasteiger partial charge in [0.25, 0.3) is 0 Å². The topological polar surface area (TPSA) is 88.1 Å². The first-order valence-electron chi connectivity index (χ1n) is 7.73. The standard InChI is InChI=1S/C17H23O7P/c1-6-22-25(20,23-7-2)12(3)16(24-13(4)18)14-8-10-15(11-9-14)17(19)21-5/h8-11,16H,3,6-7H2,1-2,4-5H3. The van der Waals surface area contributed by atoms with Crippen molar-refractivity contribution in [1.29, 1.82) is 0 Å². The fraction of sp³-hybridized carbons (Fsp3) is 0.412. The third-order valence-electron chi connectivity index (χ3n) is 3.17. The fourth-order valence-corrected chi connectivity index (χ4v) is 3.67. The van der Waals surface area contributed by atoms with E-state index in [0.717, 1.165) is 0 Å². The molecular formula is C17H23O7P. The number of carbonyl (C=O) groups is 2. The molecule has 1 aromatic carbocycles. The first-order valence-corrected chi connectivity index (χ1v) is 9.27. The molecular weight excluding hydrogens is 347 g/mol. The molecule has 0 aliphatic heterocycles. The fourth-order valence-electron chi connectivity index (χ4n) is 2.09. The third-order valence-corrected chi connectivity index (χ3v) is 5.31. The lowest BCUT2D eigenvalue weighted by Crippen LogP contribution is -2.13. The van der Waals surface area contributed by atoms with Gasteiger partial charge in [0.05, 0.1) is 31.2 Å². The van der Waals surface area contributed by atoms with Crippen LogP contribution in [0.1, 0.15) is 42.8 Å². The molecule has 0 bridgehead atoms. The maximum absolute atomic E-state index is 12.9. The molecule has 0 saturated carbocycles. The van der Waals surface area contributed by atoms with Crippen molar-refractivity contribution < 1.29 is 32.7 Å². The van der Waals surface area contributed by atoms with Gasteiger partial charge in [-0.1, -0.05) is 18.7 Å². The van der Waals surface area contributed by atoms with Crippen LogP contribution in [0.15, 0.2) is 36.2 Å². The van der Waals surface area contributed by atoms with Crippen LogP contribution in [-0.2, 0) is 27.9 Å². The van der Waals surface area contributed by atoms with E-state index < -0.39 is 25.6 Å². The number of esters is 2. The molecule has 0 heterocycles. The van der Waals surface area contributed by atoms with Crippen LogP contribution in [0, 0.1) is 0 Å². The molecule has 1 unspecified atom stereocenters. The van der Waals surface area contributed by atoms with E-state index in [4.69, 9.17) is 13.8 Å². The lowest BCUT2D eigenvalue weighted by Gasteiger charge is -2.25. The van der Waals surface area contributed by atoms with Gasteiger partial charge in [0.2, 0.25) is 0 Å². The second kappa shape index (κ2) is 9.51. The van der Waals surface area contributed by atoms with Crippen molar-refractivity contribution in [2.45, 2.75) is 26.9 Å². The summed E-state index contributed by atoms with van der Waals surface area (Å²) in [5.74, 6) is -1.08. The Bertz CT molecular complexity index is 656. The number of hydrogen-bond acceptors (Lipinski definition) is 7. The Hall–Kier alpha value is -1.95. The maximum Gasteiger partial charge on any atom is 0.360 e. The van der Waals surface area contributed by atoms with Crippen molar-refractivity contribution in [2.75, 3.05) is 20.3 Å². The Morgan fingerprint density at radius 1 is 1.12 bits per heavy atom. The van der Waals surface area contributed by atoms with Gasteiger partial charge >= 0.3 is 19.5 Å². The predicted octanol–water partition coefficient (Wildman–Crippen LogP) is 3.86. The number of benzene rings is 1. The zero-order valence-corrected chi connectivity index (χ0v) is 15.7. The average molecular weight is 370 g/mol. The Morgan fingerprint density at radius 2 is 1.64 bits per heavy atom. The van der Waals surface area contributed by atoms with E-state index in [0.29, 0.717) is 11.1 Å². The van der Waals surface area contributed by atoms with Crippen LogP contribution < -0.4 is 0 Å². The summed E-state index contributed by atoms with van der Waals surface area (Å²) < 4.78 is 33.4. The van der Waals surface area contributed by atoms with Crippen molar-refractivity contribution in [3.63, 3.8) is 0 Å². The van der Waals surface area contributed by atoms with Gasteiger partial charge in [-0.2, -0.15) is 0 Å². The van der Waals surface area contributed by atoms with E-state index in [1.807, 2.05) is 0 Å². The van der Waals surface area contributed by atoms with Crippen LogP contribution in [0.25, 0.3) is 0 Å². The molecule has 0 fully saturated rings. The van der Waals surface area contributed by atoms with Crippen LogP contribution in [0.4, 0.5) is 0 Å². The van der Waals surface area contributed by atoms with E-state index in [2.05, 4.69) is 11.3 Å². The summed E-state index contributed by atoms with van der Waals surface area (Å²) in [5, 5.41) is 0.0113. The summed E-state index contributed by atoms with van der Waals surface area (Å²) in [4.78, 5) is 23.0. The molecule has 138 valence electrons. The predicted molar refractivity (Wildman–Crippen MR) is 92.3 cm³/mol. The van der Waals surface area contributed by atoms with E-state index in [1.165, 1.54) is 26.2 Å². The highest BCUT2D eigenvalue weighted by Crippen LogP contribution is 2.60. The SMILES string of the molecule is C=C(C(OC(C)=O)c1ccc(C(=O)OC)cc1)P(=O)(OCC)OCC. The molecule has 1 atom stereocenters. The van der Waals surface area contributed by atoms with Crippen molar-refractivity contribution in [3.8, 4) is 0 Å². The molecule has 0 saturated heterocycles. The highest BCUT2D eigenvalue weighted by atomic mass is 31.2. The monoisotopic (exact) mass is 370 g/mol. The Balaban J connectivity index is 3.23. The first-order chi connectivity index (χ1) is 11.8. The molecule has 0 radical (unpaired) electrons. The smallest absolute Gasteiger partial charge is 0.360 e. The molecule has 0 aliphatic rings. The van der Waals surface area contributed by atoms with Gasteiger partial charge < -0.3 is 18.5 Å². The number of ether oxygens (including phenoxy) is 2. The van der Waals surface area contributed by atoms with Gasteiger partial charge in [0.15, 0.2) is 6.10 Å². The molecule has 0 spiro atoms. The van der Waals surface area contributed by atoms with E-state index in [9.17, 15) is 14.2 Å². The minimum atomic E-state index is -3.69. The van der Waals surface area contributed by atoms with Crippen molar-refractivity contribution in [2.24, 2.45) is 0 Å². The van der Waals surface area contributed by atoms with Crippen molar-refractivity contribution in [3.05, 3.63) is 47.3 Å². The largest absolute Gasteiger partial charge is 0.465 e. The Kier molecular flexibility index (Phi) is 8.03. The second-order valence-electron chi connectivity index (χ2n) is 4.93. The normalized spacial score (nSPS) is 12.3. The van der Waals surface area contributed by atoms with Gasteiger partial charge in [0.1, 0.15) is 0 Å². The van der Waals surface area contributed by atoms with Gasteiger partial charge in [-0.15, -0.1) is 0 Å². The van der Waals surface area contributed by atoms with Crippen LogP contribution in [0.5, 0.6) is 0 Å². The summed E-state index contributed by atoms with van der Waals surface area (Å²) in [6.07, 6.45) is -1.03. The van der Waals surface area contributed by atoms with Crippen LogP contribution in [-0.4, -0.2) is 32.3 Å². The third kappa shape index (κ3) is 5.53. The molecule has 7 nitrogen and oxygen atoms in total. The van der Waals surface area contributed by atoms with Gasteiger partial charge in [-0.05, 0) is 31.5 Å². The minimum Gasteiger partial charge on any atom is -0.465 e. The summed E-state index contributed by atoms with van der Waals surface area (Å²) in [6.45, 7) is 8.65. The zero-order valence-electron chi connectivity index (χ0n) is 14.8. The summed E-state index contributed by atoms with van der Waals surface area (Å²) >= 11 is 0. The average Bonchev–Trinajstić information content (AvgIpc) is 2.59. The minimum absolute atomic E-state index is 0.0113. The Morgan fingerprint density at radius 3 is 2.04 bits per heavy atom. The van der Waals surface area contributed by atoms with Crippen LogP contribution >= 0.6 is 7.60 Å². The quantitative estimate of drug-likeness (QED) is 0.482. The van der Waals surface area contributed by atoms with Crippen molar-refractivity contribution in [1.82, 2.24) is 0 Å². The maximum atomic E-state index is 12.9. The van der Waals surface area contributed by atoms with Gasteiger partial charge in [-0.25, -0.2) is 4.79 Å². The first kappa shape index (κ1) is 21.1. The van der Waals surface area contributed by atoms with E-state index in [1.54, 1.807) is 26.0 Å². The van der Waals surface area contributed by atoms with E-state index >= 15 is 0 Å². The molecule has 0 amide bonds. The molecule has 1 aromatic rings. The van der Waals surface area contributed by atoms with Crippen LogP contribution in [0.2, 0.25) is 0 Å². The number of rotatable bonds is 9. The molecule has 8 heteroatoms. The van der Waals surface area contributed by atoms with Gasteiger partial charge in [0, 0.05) is 6.92 Å². The Labute approximate surface area is 147 Å². The number of hydrogen-bond donors (Lipinski definition) is 0. The zero-order chi connectivity index (χ0) is 19.0. The summed E-state index contributed by atoms with van der Waals surface area (Å²) in [6, 6.07) is 6.15. The number of methoxy groups -OCH3 is 1. The lowest BCUT2D eigenvalue weighted by atomic mass is 10.1. The lowest BCUT2D eigenvalue weighted by molar-refractivity contribution is -0.144. The summed E-state index contributed by atoms with van der Waals surface area (Å²) in [7, 11) is -2.41. The highest BCUT2D eigenvalue weighted by molar-refractivity contribution is 7.58. The second-order valence-corrected chi connectivity index (χ2v) is 7.01. The molecule has 1 rings (SSSR count).